The average molecular weight is 658 g/mol. The fourth-order valence-corrected chi connectivity index (χ4v) is 8.05. The second-order valence-electron chi connectivity index (χ2n) is 12.4. The zero-order valence-corrected chi connectivity index (χ0v) is 27.6. The number of fused-ring (bicyclic) bond motifs is 6. The van der Waals surface area contributed by atoms with E-state index in [1.807, 2.05) is 18.2 Å². The molecule has 7 aromatic carbocycles. The lowest BCUT2D eigenvalue weighted by atomic mass is 10.0. The Balaban J connectivity index is 1.09. The average Bonchev–Trinajstić information content (AvgIpc) is 3.76. The summed E-state index contributed by atoms with van der Waals surface area (Å²) in [7, 11) is 0. The molecule has 234 valence electrons. The van der Waals surface area contributed by atoms with E-state index in [1.54, 1.807) is 11.3 Å². The van der Waals surface area contributed by atoms with Crippen LogP contribution in [-0.4, -0.2) is 15.0 Å². The van der Waals surface area contributed by atoms with Gasteiger partial charge in [-0.3, -0.25) is 0 Å². The van der Waals surface area contributed by atoms with E-state index in [4.69, 9.17) is 19.4 Å². The van der Waals surface area contributed by atoms with Gasteiger partial charge >= 0.3 is 0 Å². The Kier molecular flexibility index (Phi) is 6.64. The van der Waals surface area contributed by atoms with Crippen LogP contribution in [0, 0.1) is 0 Å². The van der Waals surface area contributed by atoms with Gasteiger partial charge in [0.1, 0.15) is 11.2 Å². The summed E-state index contributed by atoms with van der Waals surface area (Å²) in [4.78, 5) is 15.3. The van der Waals surface area contributed by atoms with Gasteiger partial charge in [0.25, 0.3) is 0 Å². The second-order valence-corrected chi connectivity index (χ2v) is 13.5. The van der Waals surface area contributed by atoms with Crippen molar-refractivity contribution in [2.24, 2.45) is 0 Å². The minimum absolute atomic E-state index is 0.637. The van der Waals surface area contributed by atoms with Crippen molar-refractivity contribution in [3.05, 3.63) is 164 Å². The highest BCUT2D eigenvalue weighted by Gasteiger charge is 2.17. The standard InChI is InChI=1S/C45H27N3OS/c1-2-9-28(10-3-1)29-17-21-31(22-18-29)43-46-44(48-45(47-43)37-14-8-13-36-35-12-5-7-16-41(35)50-42(36)37)32-23-19-30(20-24-32)33-25-26-40-38(27-33)34-11-4-6-15-39(34)49-40/h1-27H. The summed E-state index contributed by atoms with van der Waals surface area (Å²) < 4.78 is 8.49. The Labute approximate surface area is 292 Å². The molecule has 0 spiro atoms. The SMILES string of the molecule is c1ccc(-c2ccc(-c3nc(-c4ccc(-c5ccc6oc7ccccc7c6c5)cc4)nc(-c4cccc5c4sc4ccccc45)n3)cc2)cc1. The van der Waals surface area contributed by atoms with E-state index in [0.717, 1.165) is 55.3 Å². The number of thiophene rings is 1. The molecule has 0 bridgehead atoms. The van der Waals surface area contributed by atoms with E-state index in [9.17, 15) is 0 Å². The zero-order chi connectivity index (χ0) is 33.0. The maximum atomic E-state index is 6.07. The first kappa shape index (κ1) is 28.6. The van der Waals surface area contributed by atoms with E-state index in [0.29, 0.717) is 17.5 Å². The van der Waals surface area contributed by atoms with E-state index < -0.39 is 0 Å². The molecule has 0 saturated heterocycles. The Hall–Kier alpha value is -6.43. The molecule has 0 aliphatic carbocycles. The normalized spacial score (nSPS) is 11.6. The van der Waals surface area contributed by atoms with Gasteiger partial charge in [-0.2, -0.15) is 0 Å². The third kappa shape index (κ3) is 4.87. The van der Waals surface area contributed by atoms with Gasteiger partial charge in [-0.25, -0.2) is 15.0 Å². The van der Waals surface area contributed by atoms with Crippen molar-refractivity contribution in [2.45, 2.75) is 0 Å². The van der Waals surface area contributed by atoms with Gasteiger partial charge < -0.3 is 4.42 Å². The quantitative estimate of drug-likeness (QED) is 0.185. The van der Waals surface area contributed by atoms with Crippen LogP contribution in [0.5, 0.6) is 0 Å². The van der Waals surface area contributed by atoms with Crippen LogP contribution in [0.3, 0.4) is 0 Å². The summed E-state index contributed by atoms with van der Waals surface area (Å²) in [5, 5.41) is 4.70. The predicted octanol–water partition coefficient (Wildman–Crippen LogP) is 12.5. The molecule has 0 unspecified atom stereocenters. The third-order valence-electron chi connectivity index (χ3n) is 9.38. The van der Waals surface area contributed by atoms with Crippen LogP contribution in [0.1, 0.15) is 0 Å². The highest BCUT2D eigenvalue weighted by molar-refractivity contribution is 7.26. The number of nitrogens with zero attached hydrogens (tertiary/aromatic N) is 3. The lowest BCUT2D eigenvalue weighted by Crippen LogP contribution is -2.00. The lowest BCUT2D eigenvalue weighted by Gasteiger charge is -2.10. The van der Waals surface area contributed by atoms with Crippen LogP contribution in [0.4, 0.5) is 0 Å². The molecular formula is C45H27N3OS. The van der Waals surface area contributed by atoms with Gasteiger partial charge in [0, 0.05) is 47.6 Å². The number of hydrogen-bond acceptors (Lipinski definition) is 5. The Morgan fingerprint density at radius 1 is 0.360 bits per heavy atom. The van der Waals surface area contributed by atoms with Gasteiger partial charge in [0.2, 0.25) is 0 Å². The second kappa shape index (κ2) is 11.6. The number of para-hydroxylation sites is 1. The third-order valence-corrected chi connectivity index (χ3v) is 10.6. The van der Waals surface area contributed by atoms with Crippen LogP contribution in [-0.2, 0) is 0 Å². The minimum Gasteiger partial charge on any atom is -0.456 e. The van der Waals surface area contributed by atoms with E-state index >= 15 is 0 Å². The van der Waals surface area contributed by atoms with Crippen LogP contribution in [0.15, 0.2) is 168 Å². The predicted molar refractivity (Wildman–Crippen MR) is 207 cm³/mol. The highest BCUT2D eigenvalue weighted by Crippen LogP contribution is 2.40. The van der Waals surface area contributed by atoms with Crippen molar-refractivity contribution in [3.8, 4) is 56.4 Å². The lowest BCUT2D eigenvalue weighted by molar-refractivity contribution is 0.669. The van der Waals surface area contributed by atoms with E-state index in [1.165, 1.54) is 25.7 Å². The van der Waals surface area contributed by atoms with Crippen molar-refractivity contribution in [3.63, 3.8) is 0 Å². The van der Waals surface area contributed by atoms with Crippen LogP contribution >= 0.6 is 11.3 Å². The Bertz CT molecular complexity index is 2850. The Morgan fingerprint density at radius 2 is 0.900 bits per heavy atom. The highest BCUT2D eigenvalue weighted by atomic mass is 32.1. The van der Waals surface area contributed by atoms with E-state index in [2.05, 4.69) is 146 Å². The van der Waals surface area contributed by atoms with Crippen molar-refractivity contribution < 1.29 is 4.42 Å². The first-order chi connectivity index (χ1) is 24.7. The first-order valence-corrected chi connectivity index (χ1v) is 17.4. The van der Waals surface area contributed by atoms with Crippen molar-refractivity contribution in [2.75, 3.05) is 0 Å². The van der Waals surface area contributed by atoms with Crippen molar-refractivity contribution in [1.82, 2.24) is 15.0 Å². The van der Waals surface area contributed by atoms with Crippen LogP contribution in [0.2, 0.25) is 0 Å². The van der Waals surface area contributed by atoms with Crippen molar-refractivity contribution in [1.29, 1.82) is 0 Å². The summed E-state index contributed by atoms with van der Waals surface area (Å²) in [6.45, 7) is 0. The van der Waals surface area contributed by atoms with E-state index in [-0.39, 0.29) is 0 Å². The molecule has 10 rings (SSSR count). The van der Waals surface area contributed by atoms with Crippen LogP contribution in [0.25, 0.3) is 98.5 Å². The molecule has 0 fully saturated rings. The number of aromatic nitrogens is 3. The zero-order valence-electron chi connectivity index (χ0n) is 26.7. The summed E-state index contributed by atoms with van der Waals surface area (Å²) in [6.07, 6.45) is 0. The molecule has 0 N–H and O–H groups in total. The maximum Gasteiger partial charge on any atom is 0.165 e. The minimum atomic E-state index is 0.637. The number of benzene rings is 7. The van der Waals surface area contributed by atoms with Crippen LogP contribution < -0.4 is 0 Å². The molecule has 0 radical (unpaired) electrons. The molecule has 3 aromatic heterocycles. The fraction of sp³-hybridized carbons (Fsp3) is 0. The molecule has 0 aliphatic rings. The van der Waals surface area contributed by atoms with Crippen molar-refractivity contribution >= 4 is 53.4 Å². The monoisotopic (exact) mass is 657 g/mol. The summed E-state index contributed by atoms with van der Waals surface area (Å²) in [5.74, 6) is 1.94. The summed E-state index contributed by atoms with van der Waals surface area (Å²) in [6, 6.07) is 56.9. The smallest absolute Gasteiger partial charge is 0.165 e. The Morgan fingerprint density at radius 3 is 1.66 bits per heavy atom. The topological polar surface area (TPSA) is 51.8 Å². The number of rotatable bonds is 5. The first-order valence-electron chi connectivity index (χ1n) is 16.6. The van der Waals surface area contributed by atoms with Gasteiger partial charge in [-0.15, -0.1) is 11.3 Å². The molecular weight excluding hydrogens is 631 g/mol. The molecule has 4 nitrogen and oxygen atoms in total. The maximum absolute atomic E-state index is 6.07. The molecule has 0 saturated carbocycles. The molecule has 0 amide bonds. The summed E-state index contributed by atoms with van der Waals surface area (Å²) in [5.41, 5.74) is 9.23. The fourth-order valence-electron chi connectivity index (χ4n) is 6.84. The van der Waals surface area contributed by atoms with Gasteiger partial charge in [0.15, 0.2) is 17.5 Å². The van der Waals surface area contributed by atoms with Gasteiger partial charge in [-0.1, -0.05) is 133 Å². The molecule has 50 heavy (non-hydrogen) atoms. The van der Waals surface area contributed by atoms with Gasteiger partial charge in [-0.05, 0) is 52.6 Å². The number of hydrogen-bond donors (Lipinski definition) is 0. The molecule has 0 atom stereocenters. The molecule has 10 aromatic rings. The number of furan rings is 1. The molecule has 3 heterocycles. The largest absolute Gasteiger partial charge is 0.456 e. The van der Waals surface area contributed by atoms with Gasteiger partial charge in [0.05, 0.1) is 0 Å². The molecule has 5 heteroatoms. The summed E-state index contributed by atoms with van der Waals surface area (Å²) >= 11 is 1.78. The molecule has 0 aliphatic heterocycles.